The summed E-state index contributed by atoms with van der Waals surface area (Å²) in [5.74, 6) is -0.333. The largest absolute Gasteiger partial charge is 0.461 e. The van der Waals surface area contributed by atoms with Crippen molar-refractivity contribution >= 4 is 22.4 Å². The number of hydrogen-bond donors (Lipinski definition) is 1. The molecule has 2 aliphatic rings. The minimum atomic E-state index is -0.333. The molecule has 2 saturated heterocycles. The van der Waals surface area contributed by atoms with Crippen molar-refractivity contribution in [3.8, 4) is 0 Å². The van der Waals surface area contributed by atoms with Crippen LogP contribution in [0.25, 0.3) is 0 Å². The third kappa shape index (κ3) is 2.60. The first-order chi connectivity index (χ1) is 9.28. The number of hydrogen-bond acceptors (Lipinski definition) is 6. The van der Waals surface area contributed by atoms with E-state index in [0.717, 1.165) is 5.13 Å². The van der Waals surface area contributed by atoms with Crippen molar-refractivity contribution in [3.63, 3.8) is 0 Å². The van der Waals surface area contributed by atoms with Crippen LogP contribution in [0.5, 0.6) is 0 Å². The van der Waals surface area contributed by atoms with E-state index in [1.165, 1.54) is 43.7 Å². The minimum absolute atomic E-state index is 0.333. The van der Waals surface area contributed by atoms with Crippen LogP contribution in [-0.2, 0) is 4.74 Å². The maximum atomic E-state index is 11.6. The Kier molecular flexibility index (Phi) is 3.70. The van der Waals surface area contributed by atoms with Gasteiger partial charge in [-0.25, -0.2) is 9.78 Å². The van der Waals surface area contributed by atoms with Crippen LogP contribution < -0.4 is 5.32 Å². The number of carbonyl (C=O) groups is 1. The van der Waals surface area contributed by atoms with E-state index in [1.54, 1.807) is 12.3 Å². The molecule has 0 saturated carbocycles. The van der Waals surface area contributed by atoms with Gasteiger partial charge in [0.2, 0.25) is 0 Å². The van der Waals surface area contributed by atoms with Crippen LogP contribution >= 0.6 is 11.3 Å². The van der Waals surface area contributed by atoms with Crippen molar-refractivity contribution in [1.29, 1.82) is 0 Å². The molecule has 1 aromatic rings. The molecule has 104 valence electrons. The highest BCUT2D eigenvalue weighted by Gasteiger charge is 2.37. The number of nitrogens with zero attached hydrogens (tertiary/aromatic N) is 2. The van der Waals surface area contributed by atoms with Crippen molar-refractivity contribution in [2.24, 2.45) is 0 Å². The molecule has 0 radical (unpaired) electrons. The second-order valence-electron chi connectivity index (χ2n) is 5.04. The molecule has 5 nitrogen and oxygen atoms in total. The number of nitrogens with one attached hydrogen (secondary N) is 1. The average Bonchev–Trinajstić information content (AvgIpc) is 3.08. The third-order valence-electron chi connectivity index (χ3n) is 3.90. The molecule has 2 unspecified atom stereocenters. The second kappa shape index (κ2) is 5.46. The van der Waals surface area contributed by atoms with Gasteiger partial charge in [-0.15, -0.1) is 11.3 Å². The van der Waals surface area contributed by atoms with E-state index < -0.39 is 0 Å². The zero-order valence-corrected chi connectivity index (χ0v) is 11.9. The van der Waals surface area contributed by atoms with Gasteiger partial charge in [0.1, 0.15) is 0 Å². The molecule has 1 aromatic heterocycles. The molecule has 2 atom stereocenters. The van der Waals surface area contributed by atoms with Gasteiger partial charge < -0.3 is 10.1 Å². The van der Waals surface area contributed by atoms with Crippen LogP contribution in [0.4, 0.5) is 5.13 Å². The van der Waals surface area contributed by atoms with E-state index in [-0.39, 0.29) is 5.97 Å². The summed E-state index contributed by atoms with van der Waals surface area (Å²) in [5, 5.41) is 6.09. The Morgan fingerprint density at radius 2 is 2.47 bits per heavy atom. The summed E-state index contributed by atoms with van der Waals surface area (Å²) < 4.78 is 4.95. The average molecular weight is 281 g/mol. The highest BCUT2D eigenvalue weighted by atomic mass is 32.1. The number of anilines is 1. The van der Waals surface area contributed by atoms with Gasteiger partial charge in [-0.1, -0.05) is 0 Å². The highest BCUT2D eigenvalue weighted by molar-refractivity contribution is 7.13. The van der Waals surface area contributed by atoms with Gasteiger partial charge in [0.15, 0.2) is 10.8 Å². The Morgan fingerprint density at radius 1 is 1.58 bits per heavy atom. The number of carbonyl (C=O) groups excluding carboxylic acids is 1. The lowest BCUT2D eigenvalue weighted by atomic mass is 10.1. The molecule has 1 N–H and O–H groups in total. The fourth-order valence-electron chi connectivity index (χ4n) is 3.05. The van der Waals surface area contributed by atoms with Crippen molar-refractivity contribution in [2.45, 2.75) is 38.3 Å². The first-order valence-corrected chi connectivity index (χ1v) is 7.79. The summed E-state index contributed by atoms with van der Waals surface area (Å²) in [6, 6.07) is 1.12. The number of thiazole rings is 1. The molecule has 0 bridgehead atoms. The maximum Gasteiger partial charge on any atom is 0.357 e. The molecule has 3 heterocycles. The summed E-state index contributed by atoms with van der Waals surface area (Å²) >= 11 is 1.48. The van der Waals surface area contributed by atoms with Crippen LogP contribution in [0.2, 0.25) is 0 Å². The molecule has 0 aliphatic carbocycles. The van der Waals surface area contributed by atoms with Gasteiger partial charge in [-0.2, -0.15) is 0 Å². The topological polar surface area (TPSA) is 54.5 Å². The van der Waals surface area contributed by atoms with Crippen molar-refractivity contribution in [3.05, 3.63) is 11.1 Å². The van der Waals surface area contributed by atoms with E-state index in [9.17, 15) is 4.79 Å². The number of rotatable bonds is 4. The molecule has 0 amide bonds. The van der Waals surface area contributed by atoms with Gasteiger partial charge in [-0.05, 0) is 32.7 Å². The monoisotopic (exact) mass is 281 g/mol. The van der Waals surface area contributed by atoms with Crippen LogP contribution in [0.3, 0.4) is 0 Å². The second-order valence-corrected chi connectivity index (χ2v) is 5.90. The zero-order valence-electron chi connectivity index (χ0n) is 11.1. The third-order valence-corrected chi connectivity index (χ3v) is 4.68. The molecule has 0 spiro atoms. The molecular formula is C13H19N3O2S. The van der Waals surface area contributed by atoms with Gasteiger partial charge in [-0.3, -0.25) is 4.90 Å². The standard InChI is InChI=1S/C13H19N3O2S/c1-2-18-12(17)10-8-19-13(15-10)14-9-5-7-16-6-3-4-11(9)16/h8-9,11H,2-7H2,1H3,(H,14,15). The predicted molar refractivity (Wildman–Crippen MR) is 74.7 cm³/mol. The highest BCUT2D eigenvalue weighted by Crippen LogP contribution is 2.30. The SMILES string of the molecule is CCOC(=O)c1csc(NC2CCN3CCCC23)n1. The van der Waals surface area contributed by atoms with Gasteiger partial charge in [0, 0.05) is 24.0 Å². The summed E-state index contributed by atoms with van der Waals surface area (Å²) in [6.45, 7) is 4.60. The molecule has 2 aliphatic heterocycles. The van der Waals surface area contributed by atoms with Crippen molar-refractivity contribution < 1.29 is 9.53 Å². The van der Waals surface area contributed by atoms with E-state index in [0.29, 0.717) is 24.4 Å². The van der Waals surface area contributed by atoms with E-state index in [2.05, 4.69) is 15.2 Å². The Morgan fingerprint density at radius 3 is 3.32 bits per heavy atom. The van der Waals surface area contributed by atoms with Gasteiger partial charge in [0.05, 0.1) is 6.61 Å². The van der Waals surface area contributed by atoms with Gasteiger partial charge in [0.25, 0.3) is 0 Å². The molecule has 6 heteroatoms. The fourth-order valence-corrected chi connectivity index (χ4v) is 3.79. The smallest absolute Gasteiger partial charge is 0.357 e. The summed E-state index contributed by atoms with van der Waals surface area (Å²) in [4.78, 5) is 18.4. The maximum absolute atomic E-state index is 11.6. The summed E-state index contributed by atoms with van der Waals surface area (Å²) in [5.41, 5.74) is 0.413. The van der Waals surface area contributed by atoms with E-state index >= 15 is 0 Å². The number of ether oxygens (including phenoxy) is 1. The Hall–Kier alpha value is -1.14. The summed E-state index contributed by atoms with van der Waals surface area (Å²) in [7, 11) is 0. The first-order valence-electron chi connectivity index (χ1n) is 6.91. The Labute approximate surface area is 117 Å². The van der Waals surface area contributed by atoms with Crippen molar-refractivity contribution in [2.75, 3.05) is 25.0 Å². The Bertz CT molecular complexity index is 462. The fraction of sp³-hybridized carbons (Fsp3) is 0.692. The lowest BCUT2D eigenvalue weighted by Gasteiger charge is -2.20. The molecule has 3 rings (SSSR count). The zero-order chi connectivity index (χ0) is 13.2. The number of esters is 1. The summed E-state index contributed by atoms with van der Waals surface area (Å²) in [6.07, 6.45) is 3.74. The van der Waals surface area contributed by atoms with E-state index in [4.69, 9.17) is 4.74 Å². The van der Waals surface area contributed by atoms with Crippen LogP contribution in [0, 0.1) is 0 Å². The normalized spacial score (nSPS) is 26.4. The van der Waals surface area contributed by atoms with Gasteiger partial charge >= 0.3 is 5.97 Å². The predicted octanol–water partition coefficient (Wildman–Crippen LogP) is 1.97. The minimum Gasteiger partial charge on any atom is -0.461 e. The lowest BCUT2D eigenvalue weighted by molar-refractivity contribution is 0.0520. The quantitative estimate of drug-likeness (QED) is 0.855. The molecule has 19 heavy (non-hydrogen) atoms. The first kappa shape index (κ1) is 12.9. The number of fused-ring (bicyclic) bond motifs is 1. The molecular weight excluding hydrogens is 262 g/mol. The molecule has 0 aromatic carbocycles. The van der Waals surface area contributed by atoms with Crippen LogP contribution in [0.1, 0.15) is 36.7 Å². The van der Waals surface area contributed by atoms with Crippen LogP contribution in [-0.4, -0.2) is 47.6 Å². The van der Waals surface area contributed by atoms with Crippen molar-refractivity contribution in [1.82, 2.24) is 9.88 Å². The van der Waals surface area contributed by atoms with Crippen LogP contribution in [0.15, 0.2) is 5.38 Å². The lowest BCUT2D eigenvalue weighted by Crippen LogP contribution is -2.33. The number of aromatic nitrogens is 1. The Balaban J connectivity index is 1.62. The molecule has 2 fully saturated rings. The van der Waals surface area contributed by atoms with E-state index in [1.807, 2.05) is 0 Å².